The van der Waals surface area contributed by atoms with E-state index < -0.39 is 0 Å². The summed E-state index contributed by atoms with van der Waals surface area (Å²) in [6.07, 6.45) is 2.23. The Labute approximate surface area is 109 Å². The Kier molecular flexibility index (Phi) is 3.87. The van der Waals surface area contributed by atoms with Crippen molar-refractivity contribution in [3.05, 3.63) is 29.3 Å². The third-order valence-electron chi connectivity index (χ3n) is 3.46. The number of rotatable bonds is 1. The number of urea groups is 1. The van der Waals surface area contributed by atoms with Gasteiger partial charge in [-0.15, -0.1) is 0 Å². The quantitative estimate of drug-likeness (QED) is 0.828. The maximum Gasteiger partial charge on any atom is 0.336 e. The molecule has 1 aromatic carbocycles. The number of aryl methyl sites for hydroxylation is 2. The largest absolute Gasteiger partial charge is 0.336 e. The summed E-state index contributed by atoms with van der Waals surface area (Å²) < 4.78 is 0. The summed E-state index contributed by atoms with van der Waals surface area (Å²) in [5.41, 5.74) is 3.13. The van der Waals surface area contributed by atoms with Crippen LogP contribution in [0.5, 0.6) is 0 Å². The molecule has 0 radical (unpaired) electrons. The summed E-state index contributed by atoms with van der Waals surface area (Å²) in [6.45, 7) is 5.78. The topological polar surface area (TPSA) is 35.6 Å². The minimum Gasteiger partial charge on any atom is -0.306 e. The van der Waals surface area contributed by atoms with E-state index >= 15 is 0 Å². The van der Waals surface area contributed by atoms with Crippen LogP contribution in [0.1, 0.15) is 24.0 Å². The van der Waals surface area contributed by atoms with Gasteiger partial charge in [0.15, 0.2) is 0 Å². The minimum atomic E-state index is -0.0328. The standard InChI is InChI=1S/C14H21N3O/c1-11-7-6-8-12(2)13(11)15-14(18)17-10-5-4-9-16(17)3/h6-8H,4-5,9-10H2,1-3H3,(H,15,18). The second-order valence-electron chi connectivity index (χ2n) is 4.91. The van der Waals surface area contributed by atoms with Crippen LogP contribution < -0.4 is 5.32 Å². The molecule has 4 heteroatoms. The van der Waals surface area contributed by atoms with Crippen LogP contribution in [-0.2, 0) is 0 Å². The van der Waals surface area contributed by atoms with Gasteiger partial charge < -0.3 is 5.32 Å². The highest BCUT2D eigenvalue weighted by Crippen LogP contribution is 2.20. The summed E-state index contributed by atoms with van der Waals surface area (Å²) in [5, 5.41) is 6.80. The second-order valence-corrected chi connectivity index (χ2v) is 4.91. The molecule has 18 heavy (non-hydrogen) atoms. The number of carbonyl (C=O) groups is 1. The molecule has 0 saturated carbocycles. The van der Waals surface area contributed by atoms with Gasteiger partial charge in [0.25, 0.3) is 0 Å². The molecule has 2 rings (SSSR count). The fourth-order valence-corrected chi connectivity index (χ4v) is 2.33. The number of para-hydroxylation sites is 1. The maximum absolute atomic E-state index is 12.3. The van der Waals surface area contributed by atoms with Crippen molar-refractivity contribution >= 4 is 11.7 Å². The Morgan fingerprint density at radius 2 is 1.78 bits per heavy atom. The van der Waals surface area contributed by atoms with Crippen molar-refractivity contribution in [3.63, 3.8) is 0 Å². The van der Waals surface area contributed by atoms with Crippen molar-refractivity contribution in [1.29, 1.82) is 0 Å². The van der Waals surface area contributed by atoms with Crippen LogP contribution in [0.2, 0.25) is 0 Å². The van der Waals surface area contributed by atoms with Gasteiger partial charge in [0.05, 0.1) is 0 Å². The van der Waals surface area contributed by atoms with Crippen molar-refractivity contribution < 1.29 is 4.79 Å². The molecule has 1 aromatic rings. The molecule has 0 atom stereocenters. The van der Waals surface area contributed by atoms with E-state index in [2.05, 4.69) is 5.32 Å². The first kappa shape index (κ1) is 12.9. The highest BCUT2D eigenvalue weighted by atomic mass is 16.2. The third-order valence-corrected chi connectivity index (χ3v) is 3.46. The highest BCUT2D eigenvalue weighted by Gasteiger charge is 2.22. The number of anilines is 1. The lowest BCUT2D eigenvalue weighted by molar-refractivity contribution is 0.0191. The Balaban J connectivity index is 2.11. The molecule has 2 amide bonds. The molecule has 1 N–H and O–H groups in total. The summed E-state index contributed by atoms with van der Waals surface area (Å²) in [6, 6.07) is 6.01. The van der Waals surface area contributed by atoms with Crippen LogP contribution in [0.15, 0.2) is 18.2 Å². The van der Waals surface area contributed by atoms with E-state index in [0.29, 0.717) is 0 Å². The zero-order valence-electron chi connectivity index (χ0n) is 11.4. The summed E-state index contributed by atoms with van der Waals surface area (Å²) in [4.78, 5) is 12.3. The van der Waals surface area contributed by atoms with Gasteiger partial charge in [-0.25, -0.2) is 9.80 Å². The van der Waals surface area contributed by atoms with Crippen molar-refractivity contribution in [1.82, 2.24) is 10.0 Å². The molecule has 4 nitrogen and oxygen atoms in total. The number of carbonyl (C=O) groups excluding carboxylic acids is 1. The molecule has 98 valence electrons. The van der Waals surface area contributed by atoms with Gasteiger partial charge in [0.1, 0.15) is 0 Å². The van der Waals surface area contributed by atoms with E-state index in [-0.39, 0.29) is 6.03 Å². The summed E-state index contributed by atoms with van der Waals surface area (Å²) >= 11 is 0. The predicted molar refractivity (Wildman–Crippen MR) is 73.5 cm³/mol. The van der Waals surface area contributed by atoms with Crippen molar-refractivity contribution in [2.75, 3.05) is 25.5 Å². The Morgan fingerprint density at radius 1 is 1.17 bits per heavy atom. The van der Waals surface area contributed by atoms with Gasteiger partial charge >= 0.3 is 6.03 Å². The fourth-order valence-electron chi connectivity index (χ4n) is 2.33. The van der Waals surface area contributed by atoms with E-state index in [1.165, 1.54) is 0 Å². The fraction of sp³-hybridized carbons (Fsp3) is 0.500. The van der Waals surface area contributed by atoms with Gasteiger partial charge in [0, 0.05) is 25.8 Å². The SMILES string of the molecule is Cc1cccc(C)c1NC(=O)N1CCCCN1C. The van der Waals surface area contributed by atoms with E-state index in [4.69, 9.17) is 0 Å². The van der Waals surface area contributed by atoms with Crippen LogP contribution in [-0.4, -0.2) is 36.2 Å². The first-order valence-electron chi connectivity index (χ1n) is 6.45. The van der Waals surface area contributed by atoms with Crippen molar-refractivity contribution in [2.24, 2.45) is 0 Å². The lowest BCUT2D eigenvalue weighted by Crippen LogP contribution is -2.50. The first-order valence-corrected chi connectivity index (χ1v) is 6.45. The molecule has 1 aliphatic heterocycles. The molecule has 0 spiro atoms. The molecular weight excluding hydrogens is 226 g/mol. The monoisotopic (exact) mass is 247 g/mol. The van der Waals surface area contributed by atoms with Crippen LogP contribution >= 0.6 is 0 Å². The van der Waals surface area contributed by atoms with Crippen LogP contribution in [0.4, 0.5) is 10.5 Å². The average molecular weight is 247 g/mol. The molecule has 0 aliphatic carbocycles. The van der Waals surface area contributed by atoms with E-state index in [0.717, 1.165) is 42.7 Å². The van der Waals surface area contributed by atoms with Crippen LogP contribution in [0.3, 0.4) is 0 Å². The van der Waals surface area contributed by atoms with Gasteiger partial charge in [-0.2, -0.15) is 0 Å². The van der Waals surface area contributed by atoms with Crippen molar-refractivity contribution in [2.45, 2.75) is 26.7 Å². The van der Waals surface area contributed by atoms with Gasteiger partial charge in [-0.3, -0.25) is 5.01 Å². The maximum atomic E-state index is 12.3. The van der Waals surface area contributed by atoms with Gasteiger partial charge in [-0.05, 0) is 37.8 Å². The molecule has 0 bridgehead atoms. The lowest BCUT2D eigenvalue weighted by Gasteiger charge is -2.35. The van der Waals surface area contributed by atoms with Crippen LogP contribution in [0, 0.1) is 13.8 Å². The molecule has 1 fully saturated rings. The molecular formula is C14H21N3O. The van der Waals surface area contributed by atoms with Crippen LogP contribution in [0.25, 0.3) is 0 Å². The highest BCUT2D eigenvalue weighted by molar-refractivity contribution is 5.90. The smallest absolute Gasteiger partial charge is 0.306 e. The zero-order valence-corrected chi connectivity index (χ0v) is 11.4. The minimum absolute atomic E-state index is 0.0328. The molecule has 1 saturated heterocycles. The lowest BCUT2D eigenvalue weighted by atomic mass is 10.1. The zero-order chi connectivity index (χ0) is 13.1. The molecule has 0 unspecified atom stereocenters. The van der Waals surface area contributed by atoms with E-state index in [1.54, 1.807) is 5.01 Å². The number of nitrogens with one attached hydrogen (secondary N) is 1. The number of nitrogens with zero attached hydrogens (tertiary/aromatic N) is 2. The number of hydrogen-bond donors (Lipinski definition) is 1. The summed E-state index contributed by atoms with van der Waals surface area (Å²) in [5.74, 6) is 0. The van der Waals surface area contributed by atoms with E-state index in [9.17, 15) is 4.79 Å². The van der Waals surface area contributed by atoms with Gasteiger partial charge in [-0.1, -0.05) is 18.2 Å². The Hall–Kier alpha value is -1.55. The third kappa shape index (κ3) is 2.64. The molecule has 1 aliphatic rings. The second kappa shape index (κ2) is 5.40. The average Bonchev–Trinajstić information content (AvgIpc) is 2.34. The Morgan fingerprint density at radius 3 is 2.39 bits per heavy atom. The normalized spacial score (nSPS) is 16.7. The number of hydrazine groups is 1. The molecule has 0 aromatic heterocycles. The summed E-state index contributed by atoms with van der Waals surface area (Å²) in [7, 11) is 1.96. The first-order chi connectivity index (χ1) is 8.59. The Bertz CT molecular complexity index is 424. The molecule has 1 heterocycles. The van der Waals surface area contributed by atoms with Crippen molar-refractivity contribution in [3.8, 4) is 0 Å². The van der Waals surface area contributed by atoms with E-state index in [1.807, 2.05) is 44.1 Å². The number of amides is 2. The number of hydrogen-bond acceptors (Lipinski definition) is 2. The predicted octanol–water partition coefficient (Wildman–Crippen LogP) is 2.78. The number of benzene rings is 1. The van der Waals surface area contributed by atoms with Gasteiger partial charge in [0.2, 0.25) is 0 Å².